The summed E-state index contributed by atoms with van der Waals surface area (Å²) in [4.78, 5) is 38.3. The van der Waals surface area contributed by atoms with E-state index >= 15 is 0 Å². The van der Waals surface area contributed by atoms with Gasteiger partial charge in [-0.15, -0.1) is 0 Å². The molecule has 2 rings (SSSR count). The molecule has 27 heavy (non-hydrogen) atoms. The van der Waals surface area contributed by atoms with Gasteiger partial charge in [-0.05, 0) is 49.9 Å². The van der Waals surface area contributed by atoms with Crippen molar-refractivity contribution in [3.05, 3.63) is 35.6 Å². The van der Waals surface area contributed by atoms with E-state index in [1.165, 1.54) is 24.3 Å². The maximum absolute atomic E-state index is 13.0. The topological polar surface area (TPSA) is 86.7 Å². The van der Waals surface area contributed by atoms with Gasteiger partial charge in [-0.3, -0.25) is 14.4 Å². The van der Waals surface area contributed by atoms with Crippen molar-refractivity contribution in [2.45, 2.75) is 39.5 Å². The monoisotopic (exact) mass is 378 g/mol. The highest BCUT2D eigenvalue weighted by Crippen LogP contribution is 2.26. The third-order valence-corrected chi connectivity index (χ3v) is 5.58. The number of carbonyl (C=O) groups excluding carboxylic acids is 2. The predicted octanol–water partition coefficient (Wildman–Crippen LogP) is 2.69. The van der Waals surface area contributed by atoms with Crippen molar-refractivity contribution >= 4 is 17.8 Å². The lowest BCUT2D eigenvalue weighted by Gasteiger charge is -2.33. The summed E-state index contributed by atoms with van der Waals surface area (Å²) in [6.07, 6.45) is 2.20. The second-order valence-electron chi connectivity index (χ2n) is 7.11. The average Bonchev–Trinajstić information content (AvgIpc) is 2.69. The van der Waals surface area contributed by atoms with Crippen molar-refractivity contribution in [3.8, 4) is 0 Å². The Morgan fingerprint density at radius 1 is 1.22 bits per heavy atom. The smallest absolute Gasteiger partial charge is 0.311 e. The van der Waals surface area contributed by atoms with Crippen LogP contribution in [0.4, 0.5) is 4.39 Å². The largest absolute Gasteiger partial charge is 0.481 e. The molecule has 7 heteroatoms. The standard InChI is InChI=1S/C20H27FN2O4/c1-3-20(4-2,19(26)27)13-22-17(24)15-6-5-11-23(12-15)18(25)14-7-9-16(21)10-8-14/h7-10,15H,3-6,11-13H2,1-2H3,(H,22,24)(H,26,27). The molecular weight excluding hydrogens is 351 g/mol. The number of nitrogens with zero attached hydrogens (tertiary/aromatic N) is 1. The summed E-state index contributed by atoms with van der Waals surface area (Å²) < 4.78 is 13.0. The molecule has 1 unspecified atom stereocenters. The lowest BCUT2D eigenvalue weighted by Crippen LogP contribution is -2.48. The van der Waals surface area contributed by atoms with Gasteiger partial charge in [-0.25, -0.2) is 4.39 Å². The molecule has 1 atom stereocenters. The van der Waals surface area contributed by atoms with Gasteiger partial charge >= 0.3 is 5.97 Å². The van der Waals surface area contributed by atoms with E-state index in [-0.39, 0.29) is 30.8 Å². The molecule has 1 saturated heterocycles. The third-order valence-electron chi connectivity index (χ3n) is 5.58. The molecule has 0 bridgehead atoms. The summed E-state index contributed by atoms with van der Waals surface area (Å²) in [5.74, 6) is -2.14. The minimum Gasteiger partial charge on any atom is -0.481 e. The van der Waals surface area contributed by atoms with E-state index in [1.807, 2.05) is 0 Å². The number of likely N-dealkylation sites (tertiary alicyclic amines) is 1. The molecule has 148 valence electrons. The average molecular weight is 378 g/mol. The third kappa shape index (κ3) is 4.84. The van der Waals surface area contributed by atoms with Gasteiger partial charge in [0.25, 0.3) is 5.91 Å². The van der Waals surface area contributed by atoms with Gasteiger partial charge in [-0.1, -0.05) is 13.8 Å². The second-order valence-corrected chi connectivity index (χ2v) is 7.11. The number of hydrogen-bond acceptors (Lipinski definition) is 3. The van der Waals surface area contributed by atoms with E-state index in [1.54, 1.807) is 18.7 Å². The van der Waals surface area contributed by atoms with Crippen LogP contribution in [0, 0.1) is 17.2 Å². The van der Waals surface area contributed by atoms with Crippen LogP contribution in [0.2, 0.25) is 0 Å². The first-order valence-electron chi connectivity index (χ1n) is 9.39. The van der Waals surface area contributed by atoms with Crippen molar-refractivity contribution in [1.82, 2.24) is 10.2 Å². The second kappa shape index (κ2) is 8.97. The van der Waals surface area contributed by atoms with Gasteiger partial charge in [0.05, 0.1) is 11.3 Å². The Morgan fingerprint density at radius 3 is 2.41 bits per heavy atom. The van der Waals surface area contributed by atoms with Crippen LogP contribution in [0.1, 0.15) is 49.9 Å². The molecule has 1 aliphatic rings. The van der Waals surface area contributed by atoms with E-state index < -0.39 is 17.2 Å². The van der Waals surface area contributed by atoms with Crippen LogP contribution in [-0.2, 0) is 9.59 Å². The maximum Gasteiger partial charge on any atom is 0.311 e. The van der Waals surface area contributed by atoms with Gasteiger partial charge in [0.2, 0.25) is 5.91 Å². The molecule has 1 heterocycles. The minimum absolute atomic E-state index is 0.0799. The Balaban J connectivity index is 1.98. The fourth-order valence-corrected chi connectivity index (χ4v) is 3.43. The molecule has 1 aromatic rings. The first-order chi connectivity index (χ1) is 12.8. The zero-order chi connectivity index (χ0) is 20.0. The molecule has 0 aliphatic carbocycles. The Labute approximate surface area is 158 Å². The van der Waals surface area contributed by atoms with Crippen LogP contribution in [0.15, 0.2) is 24.3 Å². The lowest BCUT2D eigenvalue weighted by molar-refractivity contribution is -0.149. The summed E-state index contributed by atoms with van der Waals surface area (Å²) in [6, 6.07) is 5.35. The van der Waals surface area contributed by atoms with Crippen LogP contribution >= 0.6 is 0 Å². The van der Waals surface area contributed by atoms with E-state index in [2.05, 4.69) is 5.32 Å². The summed E-state index contributed by atoms with van der Waals surface area (Å²) >= 11 is 0. The molecule has 1 aliphatic heterocycles. The van der Waals surface area contributed by atoms with E-state index in [4.69, 9.17) is 0 Å². The maximum atomic E-state index is 13.0. The van der Waals surface area contributed by atoms with Crippen molar-refractivity contribution in [3.63, 3.8) is 0 Å². The van der Waals surface area contributed by atoms with Crippen LogP contribution in [0.25, 0.3) is 0 Å². The van der Waals surface area contributed by atoms with Crippen LogP contribution in [-0.4, -0.2) is 47.4 Å². The zero-order valence-corrected chi connectivity index (χ0v) is 15.8. The number of carbonyl (C=O) groups is 3. The number of carboxylic acid groups (broad SMARTS) is 1. The summed E-state index contributed by atoms with van der Waals surface area (Å²) in [7, 11) is 0. The van der Waals surface area contributed by atoms with Gasteiger partial charge in [0.1, 0.15) is 5.82 Å². The molecule has 2 amide bonds. The molecule has 0 aromatic heterocycles. The number of amides is 2. The molecule has 1 fully saturated rings. The highest BCUT2D eigenvalue weighted by molar-refractivity contribution is 5.94. The molecule has 2 N–H and O–H groups in total. The lowest BCUT2D eigenvalue weighted by atomic mass is 9.82. The van der Waals surface area contributed by atoms with Gasteiger partial charge in [0, 0.05) is 25.2 Å². The molecular formula is C20H27FN2O4. The molecule has 0 spiro atoms. The normalized spacial score (nSPS) is 17.4. The van der Waals surface area contributed by atoms with Crippen molar-refractivity contribution in [2.24, 2.45) is 11.3 Å². The molecule has 0 radical (unpaired) electrons. The van der Waals surface area contributed by atoms with Crippen LogP contribution < -0.4 is 5.32 Å². The SMILES string of the molecule is CCC(CC)(CNC(=O)C1CCCN(C(=O)c2ccc(F)cc2)C1)C(=O)O. The summed E-state index contributed by atoms with van der Waals surface area (Å²) in [6.45, 7) is 4.50. The first-order valence-corrected chi connectivity index (χ1v) is 9.39. The predicted molar refractivity (Wildman–Crippen MR) is 98.7 cm³/mol. The van der Waals surface area contributed by atoms with Crippen molar-refractivity contribution in [1.29, 1.82) is 0 Å². The number of hydrogen-bond donors (Lipinski definition) is 2. The Hall–Kier alpha value is -2.44. The molecule has 1 aromatic carbocycles. The Bertz CT molecular complexity index is 686. The number of benzene rings is 1. The fourth-order valence-electron chi connectivity index (χ4n) is 3.43. The zero-order valence-electron chi connectivity index (χ0n) is 15.8. The number of rotatable bonds is 7. The van der Waals surface area contributed by atoms with E-state index in [9.17, 15) is 23.9 Å². The number of carboxylic acids is 1. The minimum atomic E-state index is -0.964. The molecule has 0 saturated carbocycles. The number of nitrogens with one attached hydrogen (secondary N) is 1. The van der Waals surface area contributed by atoms with Gasteiger partial charge < -0.3 is 15.3 Å². The highest BCUT2D eigenvalue weighted by atomic mass is 19.1. The van der Waals surface area contributed by atoms with E-state index in [0.29, 0.717) is 37.8 Å². The van der Waals surface area contributed by atoms with Crippen molar-refractivity contribution < 1.29 is 23.9 Å². The number of aliphatic carboxylic acids is 1. The van der Waals surface area contributed by atoms with Crippen LogP contribution in [0.3, 0.4) is 0 Å². The van der Waals surface area contributed by atoms with E-state index in [0.717, 1.165) is 0 Å². The summed E-state index contributed by atoms with van der Waals surface area (Å²) in [5, 5.41) is 12.3. The van der Waals surface area contributed by atoms with Crippen LogP contribution in [0.5, 0.6) is 0 Å². The summed E-state index contributed by atoms with van der Waals surface area (Å²) in [5.41, 5.74) is -0.576. The fraction of sp³-hybridized carbons (Fsp3) is 0.550. The van der Waals surface area contributed by atoms with Gasteiger partial charge in [-0.2, -0.15) is 0 Å². The number of halogens is 1. The van der Waals surface area contributed by atoms with Gasteiger partial charge in [0.15, 0.2) is 0 Å². The quantitative estimate of drug-likeness (QED) is 0.764. The Morgan fingerprint density at radius 2 is 1.85 bits per heavy atom. The Kier molecular flexibility index (Phi) is 6.93. The highest BCUT2D eigenvalue weighted by Gasteiger charge is 2.36. The van der Waals surface area contributed by atoms with Crippen molar-refractivity contribution in [2.75, 3.05) is 19.6 Å². The molecule has 6 nitrogen and oxygen atoms in total. The first kappa shape index (κ1) is 20.9. The number of piperidine rings is 1.